The van der Waals surface area contributed by atoms with Crippen LogP contribution in [0, 0.1) is 6.92 Å². The van der Waals surface area contributed by atoms with Crippen molar-refractivity contribution in [3.63, 3.8) is 0 Å². The summed E-state index contributed by atoms with van der Waals surface area (Å²) in [5, 5.41) is 9.45. The predicted molar refractivity (Wildman–Crippen MR) is 108 cm³/mol. The summed E-state index contributed by atoms with van der Waals surface area (Å²) in [4.78, 5) is 17.1. The fourth-order valence-electron chi connectivity index (χ4n) is 4.36. The average Bonchev–Trinajstić information content (AvgIpc) is 3.32. The Balaban J connectivity index is 1.42. The van der Waals surface area contributed by atoms with Crippen molar-refractivity contribution in [3.8, 4) is 0 Å². The van der Waals surface area contributed by atoms with Crippen LogP contribution in [0.2, 0.25) is 0 Å². The van der Waals surface area contributed by atoms with E-state index in [0.29, 0.717) is 12.1 Å². The van der Waals surface area contributed by atoms with Gasteiger partial charge in [-0.25, -0.2) is 0 Å². The largest absolute Gasteiger partial charge is 0.336 e. The molecule has 5 rings (SSSR count). The third-order valence-electron chi connectivity index (χ3n) is 5.80. The Kier molecular flexibility index (Phi) is 4.25. The van der Waals surface area contributed by atoms with Gasteiger partial charge in [0.05, 0.1) is 17.1 Å². The molecular formula is C21H24N4OS. The van der Waals surface area contributed by atoms with Crippen LogP contribution in [0.4, 0.5) is 0 Å². The van der Waals surface area contributed by atoms with Gasteiger partial charge in [0.1, 0.15) is 4.83 Å². The zero-order valence-corrected chi connectivity index (χ0v) is 16.3. The van der Waals surface area contributed by atoms with E-state index in [9.17, 15) is 4.79 Å². The number of hydrogen-bond acceptors (Lipinski definition) is 4. The standard InChI is InChI=1S/C21H24N4OS/c1-14-18-11-19(20(26)24-10-9-16-7-8-17(13-24)22-16)27-21(18)25(23-14)12-15-5-3-2-4-6-15/h2-6,11,16-17,22H,7-10,12-13H2,1H3. The normalized spacial score (nSPS) is 22.3. The molecule has 5 nitrogen and oxygen atoms in total. The third kappa shape index (κ3) is 3.17. The van der Waals surface area contributed by atoms with E-state index in [0.717, 1.165) is 46.8 Å². The molecule has 0 spiro atoms. The molecule has 6 heteroatoms. The monoisotopic (exact) mass is 380 g/mol. The van der Waals surface area contributed by atoms with Crippen LogP contribution in [-0.2, 0) is 6.54 Å². The number of thiophene rings is 1. The fraction of sp³-hybridized carbons (Fsp3) is 0.429. The molecule has 2 atom stereocenters. The Morgan fingerprint density at radius 1 is 1.22 bits per heavy atom. The van der Waals surface area contributed by atoms with Gasteiger partial charge < -0.3 is 10.2 Å². The summed E-state index contributed by atoms with van der Waals surface area (Å²) in [6.07, 6.45) is 3.50. The van der Waals surface area contributed by atoms with Crippen LogP contribution in [0.3, 0.4) is 0 Å². The highest BCUT2D eigenvalue weighted by Gasteiger charge is 2.32. The zero-order chi connectivity index (χ0) is 18.4. The maximum Gasteiger partial charge on any atom is 0.264 e. The molecule has 2 bridgehead atoms. The quantitative estimate of drug-likeness (QED) is 0.757. The van der Waals surface area contributed by atoms with Gasteiger partial charge in [0.2, 0.25) is 0 Å². The lowest BCUT2D eigenvalue weighted by Gasteiger charge is -2.23. The molecule has 2 aliphatic heterocycles. The Labute approximate surface area is 163 Å². The number of carbonyl (C=O) groups is 1. The van der Waals surface area contributed by atoms with Gasteiger partial charge in [-0.2, -0.15) is 5.10 Å². The van der Waals surface area contributed by atoms with Crippen LogP contribution in [0.5, 0.6) is 0 Å². The zero-order valence-electron chi connectivity index (χ0n) is 15.5. The molecule has 1 N–H and O–H groups in total. The molecular weight excluding hydrogens is 356 g/mol. The van der Waals surface area contributed by atoms with E-state index < -0.39 is 0 Å². The van der Waals surface area contributed by atoms with E-state index in [1.165, 1.54) is 18.4 Å². The van der Waals surface area contributed by atoms with Crippen molar-refractivity contribution < 1.29 is 4.79 Å². The molecule has 1 aromatic carbocycles. The number of nitrogens with one attached hydrogen (secondary N) is 1. The van der Waals surface area contributed by atoms with E-state index in [1.54, 1.807) is 11.3 Å². The van der Waals surface area contributed by atoms with Gasteiger partial charge in [0, 0.05) is 30.6 Å². The van der Waals surface area contributed by atoms with Gasteiger partial charge in [-0.15, -0.1) is 11.3 Å². The van der Waals surface area contributed by atoms with Crippen molar-refractivity contribution >= 4 is 27.5 Å². The highest BCUT2D eigenvalue weighted by Crippen LogP contribution is 2.30. The molecule has 3 aromatic rings. The van der Waals surface area contributed by atoms with E-state index in [1.807, 2.05) is 40.8 Å². The van der Waals surface area contributed by atoms with Crippen LogP contribution in [0.25, 0.3) is 10.2 Å². The van der Waals surface area contributed by atoms with E-state index in [4.69, 9.17) is 5.10 Å². The van der Waals surface area contributed by atoms with E-state index in [-0.39, 0.29) is 5.91 Å². The van der Waals surface area contributed by atoms with Crippen molar-refractivity contribution in [1.82, 2.24) is 20.0 Å². The highest BCUT2D eigenvalue weighted by molar-refractivity contribution is 7.20. The number of likely N-dealkylation sites (tertiary alicyclic amines) is 1. The summed E-state index contributed by atoms with van der Waals surface area (Å²) < 4.78 is 2.04. The first-order valence-electron chi connectivity index (χ1n) is 9.73. The highest BCUT2D eigenvalue weighted by atomic mass is 32.1. The number of amides is 1. The van der Waals surface area contributed by atoms with Gasteiger partial charge >= 0.3 is 0 Å². The Morgan fingerprint density at radius 3 is 2.89 bits per heavy atom. The van der Waals surface area contributed by atoms with Gasteiger partial charge in [-0.05, 0) is 37.8 Å². The number of aromatic nitrogens is 2. The van der Waals surface area contributed by atoms with Gasteiger partial charge in [-0.3, -0.25) is 9.48 Å². The summed E-state index contributed by atoms with van der Waals surface area (Å²) in [5.74, 6) is 0.177. The number of rotatable bonds is 3. The molecule has 27 heavy (non-hydrogen) atoms. The molecule has 1 amide bonds. The van der Waals surface area contributed by atoms with Crippen molar-refractivity contribution in [1.29, 1.82) is 0 Å². The van der Waals surface area contributed by atoms with Crippen LogP contribution in [0.15, 0.2) is 36.4 Å². The summed E-state index contributed by atoms with van der Waals surface area (Å²) in [5.41, 5.74) is 2.21. The summed E-state index contributed by atoms with van der Waals surface area (Å²) >= 11 is 1.58. The number of fused-ring (bicyclic) bond motifs is 3. The topological polar surface area (TPSA) is 50.2 Å². The number of aryl methyl sites for hydroxylation is 1. The van der Waals surface area contributed by atoms with Crippen LogP contribution in [-0.4, -0.2) is 45.8 Å². The van der Waals surface area contributed by atoms with Crippen molar-refractivity contribution in [2.45, 2.75) is 44.8 Å². The van der Waals surface area contributed by atoms with Crippen LogP contribution >= 0.6 is 11.3 Å². The van der Waals surface area contributed by atoms with Crippen LogP contribution < -0.4 is 5.32 Å². The number of nitrogens with zero attached hydrogens (tertiary/aromatic N) is 3. The molecule has 2 unspecified atom stereocenters. The lowest BCUT2D eigenvalue weighted by molar-refractivity contribution is 0.0753. The number of carbonyl (C=O) groups excluding carboxylic acids is 1. The minimum absolute atomic E-state index is 0.177. The number of hydrogen-bond donors (Lipinski definition) is 1. The van der Waals surface area contributed by atoms with Gasteiger partial charge in [0.15, 0.2) is 0 Å². The number of benzene rings is 1. The average molecular weight is 381 g/mol. The molecule has 4 heterocycles. The molecule has 0 aliphatic carbocycles. The van der Waals surface area contributed by atoms with Crippen LogP contribution in [0.1, 0.15) is 40.2 Å². The molecule has 2 aromatic heterocycles. The molecule has 2 saturated heterocycles. The first-order chi connectivity index (χ1) is 13.2. The fourth-order valence-corrected chi connectivity index (χ4v) is 5.49. The second kappa shape index (κ2) is 6.77. The SMILES string of the molecule is Cc1nn(Cc2ccccc2)c2sc(C(=O)N3CCC4CCC(C3)N4)cc12. The second-order valence-electron chi connectivity index (χ2n) is 7.74. The Hall–Kier alpha value is -2.18. The summed E-state index contributed by atoms with van der Waals surface area (Å²) in [6, 6.07) is 13.5. The minimum Gasteiger partial charge on any atom is -0.336 e. The molecule has 2 fully saturated rings. The lowest BCUT2D eigenvalue weighted by Crippen LogP contribution is -2.38. The maximum absolute atomic E-state index is 13.2. The van der Waals surface area contributed by atoms with Gasteiger partial charge in [-0.1, -0.05) is 30.3 Å². The molecule has 0 radical (unpaired) electrons. The molecule has 0 saturated carbocycles. The van der Waals surface area contributed by atoms with E-state index in [2.05, 4.69) is 17.4 Å². The van der Waals surface area contributed by atoms with Gasteiger partial charge in [0.25, 0.3) is 5.91 Å². The molecule has 2 aliphatic rings. The first-order valence-corrected chi connectivity index (χ1v) is 10.6. The maximum atomic E-state index is 13.2. The Bertz CT molecular complexity index is 977. The van der Waals surface area contributed by atoms with E-state index >= 15 is 0 Å². The van der Waals surface area contributed by atoms with Crippen molar-refractivity contribution in [2.24, 2.45) is 0 Å². The smallest absolute Gasteiger partial charge is 0.264 e. The van der Waals surface area contributed by atoms with Crippen molar-refractivity contribution in [2.75, 3.05) is 13.1 Å². The Morgan fingerprint density at radius 2 is 2.04 bits per heavy atom. The first kappa shape index (κ1) is 17.0. The lowest BCUT2D eigenvalue weighted by atomic mass is 10.1. The minimum atomic E-state index is 0.177. The summed E-state index contributed by atoms with van der Waals surface area (Å²) in [6.45, 7) is 4.45. The predicted octanol–water partition coefficient (Wildman–Crippen LogP) is 3.42. The summed E-state index contributed by atoms with van der Waals surface area (Å²) in [7, 11) is 0. The second-order valence-corrected chi connectivity index (χ2v) is 8.77. The molecule has 140 valence electrons. The third-order valence-corrected chi connectivity index (χ3v) is 6.94. The van der Waals surface area contributed by atoms with Crippen molar-refractivity contribution in [3.05, 3.63) is 52.5 Å².